The van der Waals surface area contributed by atoms with E-state index in [9.17, 15) is 13.2 Å². The molecule has 0 radical (unpaired) electrons. The van der Waals surface area contributed by atoms with Crippen molar-refractivity contribution < 1.29 is 13.2 Å². The summed E-state index contributed by atoms with van der Waals surface area (Å²) >= 11 is 5.27. The normalized spacial score (nSPS) is 11.5. The SMILES string of the molecule is CNc1ncc(Cl)c(C(F)(F)F)n1. The van der Waals surface area contributed by atoms with Crippen LogP contribution in [0.2, 0.25) is 5.02 Å². The van der Waals surface area contributed by atoms with Gasteiger partial charge in [0.2, 0.25) is 5.95 Å². The Morgan fingerprint density at radius 2 is 2.08 bits per heavy atom. The van der Waals surface area contributed by atoms with E-state index in [0.29, 0.717) is 0 Å². The van der Waals surface area contributed by atoms with Crippen LogP contribution in [0.15, 0.2) is 6.20 Å². The minimum atomic E-state index is -4.55. The van der Waals surface area contributed by atoms with Crippen LogP contribution in [0.5, 0.6) is 0 Å². The fraction of sp³-hybridized carbons (Fsp3) is 0.333. The van der Waals surface area contributed by atoms with Crippen LogP contribution >= 0.6 is 11.6 Å². The Morgan fingerprint density at radius 3 is 2.54 bits per heavy atom. The van der Waals surface area contributed by atoms with Gasteiger partial charge < -0.3 is 5.32 Å². The molecule has 1 aromatic rings. The van der Waals surface area contributed by atoms with Gasteiger partial charge in [-0.2, -0.15) is 13.2 Å². The highest BCUT2D eigenvalue weighted by molar-refractivity contribution is 6.31. The smallest absolute Gasteiger partial charge is 0.357 e. The molecule has 0 unspecified atom stereocenters. The number of nitrogens with one attached hydrogen (secondary N) is 1. The molecule has 72 valence electrons. The summed E-state index contributed by atoms with van der Waals surface area (Å²) in [5.41, 5.74) is -1.13. The number of alkyl halides is 3. The van der Waals surface area contributed by atoms with Crippen molar-refractivity contribution >= 4 is 17.5 Å². The lowest BCUT2D eigenvalue weighted by Gasteiger charge is -2.08. The van der Waals surface area contributed by atoms with Crippen LogP contribution in [-0.4, -0.2) is 17.0 Å². The fourth-order valence-corrected chi connectivity index (χ4v) is 0.885. The molecule has 0 aliphatic rings. The molecule has 0 spiro atoms. The predicted octanol–water partition coefficient (Wildman–Crippen LogP) is 2.19. The maximum atomic E-state index is 12.2. The van der Waals surface area contributed by atoms with E-state index in [4.69, 9.17) is 11.6 Å². The summed E-state index contributed by atoms with van der Waals surface area (Å²) in [7, 11) is 1.42. The van der Waals surface area contributed by atoms with Crippen molar-refractivity contribution in [2.45, 2.75) is 6.18 Å². The van der Waals surface area contributed by atoms with Crippen LogP contribution in [0.4, 0.5) is 19.1 Å². The minimum absolute atomic E-state index is 0.114. The lowest BCUT2D eigenvalue weighted by molar-refractivity contribution is -0.141. The van der Waals surface area contributed by atoms with Crippen LogP contribution in [0.1, 0.15) is 5.69 Å². The van der Waals surface area contributed by atoms with E-state index in [1.165, 1.54) is 7.05 Å². The number of anilines is 1. The molecule has 1 N–H and O–H groups in total. The summed E-state index contributed by atoms with van der Waals surface area (Å²) in [6, 6.07) is 0. The fourth-order valence-electron chi connectivity index (χ4n) is 0.686. The second kappa shape index (κ2) is 3.37. The molecule has 3 nitrogen and oxygen atoms in total. The van der Waals surface area contributed by atoms with Gasteiger partial charge in [0.1, 0.15) is 0 Å². The van der Waals surface area contributed by atoms with Gasteiger partial charge in [-0.3, -0.25) is 0 Å². The van der Waals surface area contributed by atoms with Crippen molar-refractivity contribution in [3.05, 3.63) is 16.9 Å². The molecule has 1 rings (SSSR count). The van der Waals surface area contributed by atoms with Gasteiger partial charge in [0.05, 0.1) is 11.2 Å². The summed E-state index contributed by atoms with van der Waals surface area (Å²) in [4.78, 5) is 6.70. The zero-order chi connectivity index (χ0) is 10.1. The molecule has 0 amide bonds. The summed E-state index contributed by atoms with van der Waals surface area (Å²) in [5, 5.41) is 1.88. The van der Waals surface area contributed by atoms with E-state index in [1.807, 2.05) is 0 Å². The summed E-state index contributed by atoms with van der Waals surface area (Å²) < 4.78 is 36.5. The lowest BCUT2D eigenvalue weighted by Crippen LogP contribution is -2.11. The van der Waals surface area contributed by atoms with Gasteiger partial charge in [-0.1, -0.05) is 11.6 Å². The summed E-state index contributed by atoms with van der Waals surface area (Å²) in [5.74, 6) is -0.114. The Balaban J connectivity index is 3.19. The van der Waals surface area contributed by atoms with Crippen molar-refractivity contribution in [3.8, 4) is 0 Å². The molecular formula is C6H5ClF3N3. The van der Waals surface area contributed by atoms with Crippen LogP contribution < -0.4 is 5.32 Å². The zero-order valence-electron chi connectivity index (χ0n) is 6.48. The van der Waals surface area contributed by atoms with Gasteiger partial charge in [-0.15, -0.1) is 0 Å². The Kier molecular flexibility index (Phi) is 2.60. The molecule has 7 heteroatoms. The van der Waals surface area contributed by atoms with Crippen LogP contribution in [0.25, 0.3) is 0 Å². The first-order valence-electron chi connectivity index (χ1n) is 3.22. The maximum absolute atomic E-state index is 12.2. The molecule has 0 aromatic carbocycles. The van der Waals surface area contributed by atoms with E-state index in [-0.39, 0.29) is 5.95 Å². The Bertz CT molecular complexity index is 312. The average Bonchev–Trinajstić information content (AvgIpc) is 2.03. The third-order valence-corrected chi connectivity index (χ3v) is 1.51. The Hall–Kier alpha value is -1.04. The number of halogens is 4. The van der Waals surface area contributed by atoms with Crippen molar-refractivity contribution in [3.63, 3.8) is 0 Å². The first-order valence-corrected chi connectivity index (χ1v) is 3.60. The monoisotopic (exact) mass is 211 g/mol. The topological polar surface area (TPSA) is 37.8 Å². The van der Waals surface area contributed by atoms with Gasteiger partial charge in [-0.05, 0) is 0 Å². The van der Waals surface area contributed by atoms with Crippen LogP contribution in [0, 0.1) is 0 Å². The van der Waals surface area contributed by atoms with Crippen LogP contribution in [-0.2, 0) is 6.18 Å². The van der Waals surface area contributed by atoms with Gasteiger partial charge >= 0.3 is 6.18 Å². The van der Waals surface area contributed by atoms with Gasteiger partial charge in [0.25, 0.3) is 0 Å². The predicted molar refractivity (Wildman–Crippen MR) is 41.6 cm³/mol. The molecule has 0 aliphatic heterocycles. The number of hydrogen-bond acceptors (Lipinski definition) is 3. The number of hydrogen-bond donors (Lipinski definition) is 1. The molecule has 0 bridgehead atoms. The third kappa shape index (κ3) is 2.21. The molecule has 13 heavy (non-hydrogen) atoms. The van der Waals surface area contributed by atoms with Gasteiger partial charge in [0, 0.05) is 7.05 Å². The first kappa shape index (κ1) is 10.0. The minimum Gasteiger partial charge on any atom is -0.357 e. The summed E-state index contributed by atoms with van der Waals surface area (Å²) in [6.45, 7) is 0. The molecular weight excluding hydrogens is 207 g/mol. The number of rotatable bonds is 1. The number of aromatic nitrogens is 2. The quantitative estimate of drug-likeness (QED) is 0.774. The Labute approximate surface area is 77.0 Å². The highest BCUT2D eigenvalue weighted by atomic mass is 35.5. The molecule has 0 saturated carbocycles. The summed E-state index contributed by atoms with van der Waals surface area (Å²) in [6.07, 6.45) is -3.64. The van der Waals surface area contributed by atoms with Crippen molar-refractivity contribution in [2.75, 3.05) is 12.4 Å². The van der Waals surface area contributed by atoms with Crippen molar-refractivity contribution in [2.24, 2.45) is 0 Å². The molecule has 0 aliphatic carbocycles. The average molecular weight is 212 g/mol. The van der Waals surface area contributed by atoms with Crippen LogP contribution in [0.3, 0.4) is 0 Å². The maximum Gasteiger partial charge on any atom is 0.435 e. The Morgan fingerprint density at radius 1 is 1.46 bits per heavy atom. The third-order valence-electron chi connectivity index (χ3n) is 1.24. The molecule has 0 fully saturated rings. The highest BCUT2D eigenvalue weighted by Crippen LogP contribution is 2.32. The second-order valence-corrected chi connectivity index (χ2v) is 2.55. The van der Waals surface area contributed by atoms with Crippen molar-refractivity contribution in [1.29, 1.82) is 0 Å². The molecule has 1 heterocycles. The van der Waals surface area contributed by atoms with E-state index in [1.54, 1.807) is 0 Å². The number of nitrogens with zero attached hydrogens (tertiary/aromatic N) is 2. The standard InChI is InChI=1S/C6H5ClF3N3/c1-11-5-12-2-3(7)4(13-5)6(8,9)10/h2H,1H3,(H,11,12,13). The van der Waals surface area contributed by atoms with E-state index in [2.05, 4.69) is 15.3 Å². The van der Waals surface area contributed by atoms with E-state index >= 15 is 0 Å². The molecule has 0 saturated heterocycles. The largest absolute Gasteiger partial charge is 0.435 e. The molecule has 0 atom stereocenters. The van der Waals surface area contributed by atoms with E-state index in [0.717, 1.165) is 6.20 Å². The zero-order valence-corrected chi connectivity index (χ0v) is 7.24. The first-order chi connectivity index (χ1) is 5.95. The molecule has 1 aromatic heterocycles. The van der Waals surface area contributed by atoms with Crippen molar-refractivity contribution in [1.82, 2.24) is 9.97 Å². The highest BCUT2D eigenvalue weighted by Gasteiger charge is 2.35. The second-order valence-electron chi connectivity index (χ2n) is 2.14. The van der Waals surface area contributed by atoms with Gasteiger partial charge in [-0.25, -0.2) is 9.97 Å². The van der Waals surface area contributed by atoms with Gasteiger partial charge in [0.15, 0.2) is 5.69 Å². The van der Waals surface area contributed by atoms with E-state index < -0.39 is 16.9 Å². The lowest BCUT2D eigenvalue weighted by atomic mass is 10.4.